The average Bonchev–Trinajstić information content (AvgIpc) is 2.66. The molecule has 0 radical (unpaired) electrons. The largest absolute Gasteiger partial charge is 0.481 e. The fourth-order valence-corrected chi connectivity index (χ4v) is 2.54. The van der Waals surface area contributed by atoms with Gasteiger partial charge in [0, 0.05) is 12.5 Å². The lowest BCUT2D eigenvalue weighted by molar-refractivity contribution is -0.136. The molecule has 18 heavy (non-hydrogen) atoms. The number of carboxylic acids is 1. The molecular formula is C12H10ClNO3S. The van der Waals surface area contributed by atoms with E-state index in [1.54, 1.807) is 12.1 Å². The SMILES string of the molecule is O=C(O)CCc1ccc(-n2sc(Cl)cc2=O)cc1. The van der Waals surface area contributed by atoms with E-state index in [-0.39, 0.29) is 12.0 Å². The third kappa shape index (κ3) is 3.00. The van der Waals surface area contributed by atoms with E-state index in [0.29, 0.717) is 10.8 Å². The van der Waals surface area contributed by atoms with Gasteiger partial charge in [-0.3, -0.25) is 9.59 Å². The second-order valence-electron chi connectivity index (χ2n) is 3.73. The summed E-state index contributed by atoms with van der Waals surface area (Å²) in [4.78, 5) is 22.0. The van der Waals surface area contributed by atoms with Gasteiger partial charge in [-0.05, 0) is 35.6 Å². The Morgan fingerprint density at radius 1 is 1.33 bits per heavy atom. The van der Waals surface area contributed by atoms with E-state index in [4.69, 9.17) is 16.7 Å². The number of aromatic nitrogens is 1. The topological polar surface area (TPSA) is 59.3 Å². The number of benzene rings is 1. The van der Waals surface area contributed by atoms with Gasteiger partial charge in [-0.25, -0.2) is 3.96 Å². The molecule has 94 valence electrons. The lowest BCUT2D eigenvalue weighted by Gasteiger charge is -2.02. The minimum Gasteiger partial charge on any atom is -0.481 e. The third-order valence-electron chi connectivity index (χ3n) is 2.41. The molecule has 0 aliphatic rings. The van der Waals surface area contributed by atoms with Gasteiger partial charge in [-0.2, -0.15) is 0 Å². The maximum atomic E-state index is 11.6. The lowest BCUT2D eigenvalue weighted by Crippen LogP contribution is -2.09. The van der Waals surface area contributed by atoms with Gasteiger partial charge in [0.25, 0.3) is 5.56 Å². The van der Waals surface area contributed by atoms with Crippen LogP contribution in [0.2, 0.25) is 4.34 Å². The molecular weight excluding hydrogens is 274 g/mol. The molecule has 2 aromatic rings. The zero-order valence-corrected chi connectivity index (χ0v) is 10.9. The number of hydrogen-bond donors (Lipinski definition) is 1. The molecule has 4 nitrogen and oxygen atoms in total. The number of hydrogen-bond acceptors (Lipinski definition) is 3. The van der Waals surface area contributed by atoms with E-state index in [1.165, 1.54) is 21.6 Å². The van der Waals surface area contributed by atoms with Gasteiger partial charge in [0.2, 0.25) is 0 Å². The molecule has 0 unspecified atom stereocenters. The number of halogens is 1. The van der Waals surface area contributed by atoms with Crippen molar-refractivity contribution in [3.8, 4) is 5.69 Å². The van der Waals surface area contributed by atoms with Gasteiger partial charge in [0.05, 0.1) is 5.69 Å². The van der Waals surface area contributed by atoms with Gasteiger partial charge < -0.3 is 5.11 Å². The van der Waals surface area contributed by atoms with Crippen molar-refractivity contribution < 1.29 is 9.90 Å². The fourth-order valence-electron chi connectivity index (χ4n) is 1.54. The van der Waals surface area contributed by atoms with E-state index in [9.17, 15) is 9.59 Å². The monoisotopic (exact) mass is 283 g/mol. The summed E-state index contributed by atoms with van der Waals surface area (Å²) in [6.07, 6.45) is 0.583. The van der Waals surface area contributed by atoms with Crippen LogP contribution in [0.15, 0.2) is 35.1 Å². The highest BCUT2D eigenvalue weighted by Crippen LogP contribution is 2.18. The number of carbonyl (C=O) groups is 1. The summed E-state index contributed by atoms with van der Waals surface area (Å²) in [6.45, 7) is 0. The highest BCUT2D eigenvalue weighted by molar-refractivity contribution is 7.11. The van der Waals surface area contributed by atoms with Gasteiger partial charge in [-0.15, -0.1) is 0 Å². The van der Waals surface area contributed by atoms with Crippen LogP contribution >= 0.6 is 23.1 Å². The maximum absolute atomic E-state index is 11.6. The van der Waals surface area contributed by atoms with Crippen molar-refractivity contribution in [3.63, 3.8) is 0 Å². The fraction of sp³-hybridized carbons (Fsp3) is 0.167. The molecule has 6 heteroatoms. The molecule has 0 aliphatic heterocycles. The molecule has 1 N–H and O–H groups in total. The Labute approximate surface area is 112 Å². The van der Waals surface area contributed by atoms with E-state index in [0.717, 1.165) is 11.3 Å². The Morgan fingerprint density at radius 2 is 2.00 bits per heavy atom. The normalized spacial score (nSPS) is 10.5. The van der Waals surface area contributed by atoms with Crippen molar-refractivity contribution >= 4 is 29.1 Å². The first-order chi connectivity index (χ1) is 8.56. The highest BCUT2D eigenvalue weighted by Gasteiger charge is 2.05. The molecule has 2 rings (SSSR count). The second-order valence-corrected chi connectivity index (χ2v) is 5.35. The summed E-state index contributed by atoms with van der Waals surface area (Å²) in [5, 5.41) is 8.59. The van der Waals surface area contributed by atoms with Crippen molar-refractivity contribution in [2.24, 2.45) is 0 Å². The lowest BCUT2D eigenvalue weighted by atomic mass is 10.1. The Balaban J connectivity index is 2.20. The summed E-state index contributed by atoms with van der Waals surface area (Å²) in [5.74, 6) is -0.819. The predicted octanol–water partition coefficient (Wildman–Crippen LogP) is 2.57. The molecule has 0 spiro atoms. The minimum absolute atomic E-state index is 0.101. The van der Waals surface area contributed by atoms with Crippen LogP contribution in [-0.2, 0) is 11.2 Å². The smallest absolute Gasteiger partial charge is 0.303 e. The first-order valence-corrected chi connectivity index (χ1v) is 6.41. The van der Waals surface area contributed by atoms with Crippen LogP contribution in [0.3, 0.4) is 0 Å². The highest BCUT2D eigenvalue weighted by atomic mass is 35.5. The third-order valence-corrected chi connectivity index (χ3v) is 3.60. The van der Waals surface area contributed by atoms with Gasteiger partial charge >= 0.3 is 5.97 Å². The summed E-state index contributed by atoms with van der Waals surface area (Å²) in [5.41, 5.74) is 1.50. The maximum Gasteiger partial charge on any atom is 0.303 e. The summed E-state index contributed by atoms with van der Waals surface area (Å²) >= 11 is 6.93. The molecule has 1 aromatic carbocycles. The number of nitrogens with zero attached hydrogens (tertiary/aromatic N) is 1. The summed E-state index contributed by atoms with van der Waals surface area (Å²) in [7, 11) is 0. The first kappa shape index (κ1) is 12.9. The summed E-state index contributed by atoms with van der Waals surface area (Å²) in [6, 6.07) is 8.57. The zero-order chi connectivity index (χ0) is 13.1. The molecule has 0 fully saturated rings. The Bertz CT molecular complexity index is 615. The number of carboxylic acid groups (broad SMARTS) is 1. The molecule has 0 bridgehead atoms. The molecule has 0 aliphatic carbocycles. The molecule has 1 heterocycles. The zero-order valence-electron chi connectivity index (χ0n) is 9.30. The molecule has 1 aromatic heterocycles. The van der Waals surface area contributed by atoms with Crippen LogP contribution in [0, 0.1) is 0 Å². The quantitative estimate of drug-likeness (QED) is 0.938. The molecule has 0 saturated heterocycles. The molecule has 0 saturated carbocycles. The van der Waals surface area contributed by atoms with Crippen molar-refractivity contribution in [1.82, 2.24) is 3.96 Å². The van der Waals surface area contributed by atoms with Crippen LogP contribution in [0.4, 0.5) is 0 Å². The van der Waals surface area contributed by atoms with Crippen LogP contribution in [0.1, 0.15) is 12.0 Å². The Morgan fingerprint density at radius 3 is 2.50 bits per heavy atom. The van der Waals surface area contributed by atoms with E-state index in [1.807, 2.05) is 12.1 Å². The molecule has 0 amide bonds. The van der Waals surface area contributed by atoms with Crippen LogP contribution < -0.4 is 5.56 Å². The summed E-state index contributed by atoms with van der Waals surface area (Å²) < 4.78 is 1.93. The van der Waals surface area contributed by atoms with E-state index >= 15 is 0 Å². The van der Waals surface area contributed by atoms with Crippen LogP contribution in [-0.4, -0.2) is 15.0 Å². The average molecular weight is 284 g/mol. The Hall–Kier alpha value is -1.59. The standard InChI is InChI=1S/C12H10ClNO3S/c13-10-7-11(15)14(18-10)9-4-1-8(2-5-9)3-6-12(16)17/h1-2,4-5,7H,3,6H2,(H,16,17). The number of rotatable bonds is 4. The van der Waals surface area contributed by atoms with Crippen molar-refractivity contribution in [2.75, 3.05) is 0 Å². The molecule has 0 atom stereocenters. The number of aryl methyl sites for hydroxylation is 1. The van der Waals surface area contributed by atoms with Gasteiger partial charge in [-0.1, -0.05) is 23.7 Å². The predicted molar refractivity (Wildman–Crippen MR) is 70.9 cm³/mol. The first-order valence-electron chi connectivity index (χ1n) is 5.26. The number of aliphatic carboxylic acids is 1. The van der Waals surface area contributed by atoms with Crippen LogP contribution in [0.5, 0.6) is 0 Å². The Kier molecular flexibility index (Phi) is 3.84. The second kappa shape index (κ2) is 5.37. The van der Waals surface area contributed by atoms with Crippen molar-refractivity contribution in [2.45, 2.75) is 12.8 Å². The van der Waals surface area contributed by atoms with Crippen molar-refractivity contribution in [3.05, 3.63) is 50.6 Å². The minimum atomic E-state index is -0.819. The van der Waals surface area contributed by atoms with E-state index < -0.39 is 5.97 Å². The van der Waals surface area contributed by atoms with Crippen LogP contribution in [0.25, 0.3) is 5.69 Å². The van der Waals surface area contributed by atoms with Gasteiger partial charge in [0.1, 0.15) is 4.34 Å². The van der Waals surface area contributed by atoms with E-state index in [2.05, 4.69) is 0 Å². The van der Waals surface area contributed by atoms with Gasteiger partial charge in [0.15, 0.2) is 0 Å². The van der Waals surface area contributed by atoms with Crippen molar-refractivity contribution in [1.29, 1.82) is 0 Å².